The Hall–Kier alpha value is -0.650. The largest absolute Gasteiger partial charge is 0.310 e. The fraction of sp³-hybridized carbons (Fsp3) is 0.500. The van der Waals surface area contributed by atoms with Crippen molar-refractivity contribution < 1.29 is 0 Å². The van der Waals surface area contributed by atoms with Crippen molar-refractivity contribution in [2.24, 2.45) is 7.05 Å². The molecular weight excluding hydrogens is 322 g/mol. The summed E-state index contributed by atoms with van der Waals surface area (Å²) in [7, 11) is 1.99. The van der Waals surface area contributed by atoms with E-state index in [2.05, 4.69) is 58.5 Å². The van der Waals surface area contributed by atoms with E-state index in [0.29, 0.717) is 6.04 Å². The van der Waals surface area contributed by atoms with E-state index in [4.69, 9.17) is 0 Å². The molecule has 0 bridgehead atoms. The average Bonchev–Trinajstić information content (AvgIpc) is 2.94. The van der Waals surface area contributed by atoms with Gasteiger partial charge in [-0.15, -0.1) is 11.3 Å². The average molecular weight is 342 g/mol. The van der Waals surface area contributed by atoms with Gasteiger partial charge in [-0.05, 0) is 41.0 Å². The van der Waals surface area contributed by atoms with Crippen molar-refractivity contribution in [1.82, 2.24) is 15.1 Å². The summed E-state index contributed by atoms with van der Waals surface area (Å²) in [6, 6.07) is 4.66. The molecule has 0 spiro atoms. The molecule has 0 saturated heterocycles. The molecule has 0 saturated carbocycles. The Morgan fingerprint density at radius 2 is 2.21 bits per heavy atom. The minimum absolute atomic E-state index is 0.346. The van der Waals surface area contributed by atoms with Crippen molar-refractivity contribution in [2.45, 2.75) is 32.7 Å². The summed E-state index contributed by atoms with van der Waals surface area (Å²) in [4.78, 5) is 1.39. The highest BCUT2D eigenvalue weighted by Gasteiger charge is 2.18. The van der Waals surface area contributed by atoms with Crippen molar-refractivity contribution in [3.8, 4) is 0 Å². The molecule has 19 heavy (non-hydrogen) atoms. The van der Waals surface area contributed by atoms with Gasteiger partial charge in [-0.2, -0.15) is 5.10 Å². The van der Waals surface area contributed by atoms with Crippen molar-refractivity contribution in [2.75, 3.05) is 6.54 Å². The third-order valence-electron chi connectivity index (χ3n) is 3.13. The highest BCUT2D eigenvalue weighted by molar-refractivity contribution is 9.11. The molecule has 2 aromatic rings. The van der Waals surface area contributed by atoms with Gasteiger partial charge in [-0.25, -0.2) is 0 Å². The molecule has 104 valence electrons. The minimum atomic E-state index is 0.346. The smallest absolute Gasteiger partial charge is 0.0701 e. The van der Waals surface area contributed by atoms with Crippen LogP contribution in [-0.4, -0.2) is 16.3 Å². The van der Waals surface area contributed by atoms with E-state index in [0.717, 1.165) is 19.4 Å². The number of likely N-dealkylation sites (N-methyl/N-ethyl adjacent to an activating group) is 1. The Kier molecular flexibility index (Phi) is 5.19. The lowest BCUT2D eigenvalue weighted by Gasteiger charge is -2.17. The maximum atomic E-state index is 4.55. The van der Waals surface area contributed by atoms with Crippen LogP contribution in [0, 0.1) is 0 Å². The number of thiophene rings is 1. The molecular formula is C14H20BrN3S. The molecule has 0 amide bonds. The zero-order chi connectivity index (χ0) is 13.8. The number of rotatable bonds is 6. The van der Waals surface area contributed by atoms with Crippen LogP contribution in [-0.2, 0) is 19.9 Å². The third-order valence-corrected chi connectivity index (χ3v) is 4.78. The fourth-order valence-electron chi connectivity index (χ4n) is 2.32. The molecule has 5 heteroatoms. The van der Waals surface area contributed by atoms with Gasteiger partial charge in [-0.1, -0.05) is 13.8 Å². The number of nitrogens with zero attached hydrogens (tertiary/aromatic N) is 2. The fourth-order valence-corrected chi connectivity index (χ4v) is 3.85. The number of aromatic nitrogens is 2. The number of nitrogens with one attached hydrogen (secondary N) is 1. The number of hydrogen-bond acceptors (Lipinski definition) is 3. The van der Waals surface area contributed by atoms with Gasteiger partial charge in [0.05, 0.1) is 9.48 Å². The van der Waals surface area contributed by atoms with E-state index in [-0.39, 0.29) is 0 Å². The topological polar surface area (TPSA) is 29.9 Å². The van der Waals surface area contributed by atoms with E-state index in [1.165, 1.54) is 19.9 Å². The lowest BCUT2D eigenvalue weighted by molar-refractivity contribution is 0.549. The molecule has 0 aromatic carbocycles. The zero-order valence-electron chi connectivity index (χ0n) is 11.6. The predicted octanol–water partition coefficient (Wildman–Crippen LogP) is 3.70. The van der Waals surface area contributed by atoms with E-state index in [1.807, 2.05) is 11.7 Å². The van der Waals surface area contributed by atoms with E-state index in [9.17, 15) is 0 Å². The number of halogens is 1. The molecule has 1 atom stereocenters. The van der Waals surface area contributed by atoms with Crippen LogP contribution in [0.25, 0.3) is 0 Å². The second-order valence-electron chi connectivity index (χ2n) is 4.58. The van der Waals surface area contributed by atoms with Crippen molar-refractivity contribution >= 4 is 27.3 Å². The Morgan fingerprint density at radius 1 is 1.42 bits per heavy atom. The summed E-state index contributed by atoms with van der Waals surface area (Å²) in [5.41, 5.74) is 2.53. The molecule has 0 aliphatic rings. The first-order valence-electron chi connectivity index (χ1n) is 6.64. The molecule has 3 nitrogen and oxygen atoms in total. The van der Waals surface area contributed by atoms with Gasteiger partial charge in [0.25, 0.3) is 0 Å². The third kappa shape index (κ3) is 3.68. The first kappa shape index (κ1) is 14.8. The molecule has 1 N–H and O–H groups in total. The monoisotopic (exact) mass is 341 g/mol. The van der Waals surface area contributed by atoms with Gasteiger partial charge < -0.3 is 5.32 Å². The molecule has 2 rings (SSSR count). The Morgan fingerprint density at radius 3 is 2.79 bits per heavy atom. The van der Waals surface area contributed by atoms with Crippen LogP contribution in [0.5, 0.6) is 0 Å². The zero-order valence-corrected chi connectivity index (χ0v) is 14.0. The molecule has 2 heterocycles. The highest BCUT2D eigenvalue weighted by Crippen LogP contribution is 2.28. The van der Waals surface area contributed by atoms with Crippen molar-refractivity contribution in [3.05, 3.63) is 38.3 Å². The van der Waals surface area contributed by atoms with Crippen LogP contribution >= 0.6 is 27.3 Å². The van der Waals surface area contributed by atoms with Gasteiger partial charge in [0.15, 0.2) is 0 Å². The number of hydrogen-bond donors (Lipinski definition) is 1. The van der Waals surface area contributed by atoms with Crippen LogP contribution in [0.15, 0.2) is 22.1 Å². The number of aryl methyl sites for hydroxylation is 2. The van der Waals surface area contributed by atoms with Crippen LogP contribution in [0.1, 0.15) is 36.0 Å². The molecule has 1 unspecified atom stereocenters. The maximum absolute atomic E-state index is 4.55. The quantitative estimate of drug-likeness (QED) is 0.868. The SMILES string of the molecule is CCNC(Cc1ccc(Br)s1)c1cn(C)nc1CC. The molecule has 0 radical (unpaired) electrons. The van der Waals surface area contributed by atoms with Crippen LogP contribution < -0.4 is 5.32 Å². The second kappa shape index (κ2) is 6.68. The summed E-state index contributed by atoms with van der Waals surface area (Å²) in [6.07, 6.45) is 4.14. The standard InChI is InChI=1S/C14H20BrN3S/c1-4-12-11(9-18(3)17-12)13(16-5-2)8-10-6-7-14(15)19-10/h6-7,9,13,16H,4-5,8H2,1-3H3. The summed E-state index contributed by atoms with van der Waals surface area (Å²) < 4.78 is 3.11. The summed E-state index contributed by atoms with van der Waals surface area (Å²) in [6.45, 7) is 5.28. The second-order valence-corrected chi connectivity index (χ2v) is 7.13. The molecule has 0 aliphatic heterocycles. The van der Waals surface area contributed by atoms with Gasteiger partial charge in [-0.3, -0.25) is 4.68 Å². The molecule has 2 aromatic heterocycles. The summed E-state index contributed by atoms with van der Waals surface area (Å²) in [5.74, 6) is 0. The summed E-state index contributed by atoms with van der Waals surface area (Å²) in [5, 5.41) is 8.13. The normalized spacial score (nSPS) is 12.8. The lowest BCUT2D eigenvalue weighted by Crippen LogP contribution is -2.23. The van der Waals surface area contributed by atoms with Gasteiger partial charge in [0.1, 0.15) is 0 Å². The highest BCUT2D eigenvalue weighted by atomic mass is 79.9. The van der Waals surface area contributed by atoms with E-state index < -0.39 is 0 Å². The van der Waals surface area contributed by atoms with Crippen molar-refractivity contribution in [3.63, 3.8) is 0 Å². The van der Waals surface area contributed by atoms with Gasteiger partial charge >= 0.3 is 0 Å². The Balaban J connectivity index is 2.23. The van der Waals surface area contributed by atoms with Crippen LogP contribution in [0.2, 0.25) is 0 Å². The lowest BCUT2D eigenvalue weighted by atomic mass is 10.0. The molecule has 0 aliphatic carbocycles. The first-order valence-corrected chi connectivity index (χ1v) is 8.25. The Labute approximate surface area is 127 Å². The minimum Gasteiger partial charge on any atom is -0.310 e. The van der Waals surface area contributed by atoms with Crippen LogP contribution in [0.4, 0.5) is 0 Å². The van der Waals surface area contributed by atoms with Crippen molar-refractivity contribution in [1.29, 1.82) is 0 Å². The first-order chi connectivity index (χ1) is 9.13. The summed E-state index contributed by atoms with van der Waals surface area (Å²) >= 11 is 5.34. The van der Waals surface area contributed by atoms with Gasteiger partial charge in [0, 0.05) is 36.1 Å². The Bertz CT molecular complexity index is 533. The van der Waals surface area contributed by atoms with Crippen LogP contribution in [0.3, 0.4) is 0 Å². The van der Waals surface area contributed by atoms with E-state index >= 15 is 0 Å². The predicted molar refractivity (Wildman–Crippen MR) is 84.7 cm³/mol. The van der Waals surface area contributed by atoms with E-state index in [1.54, 1.807) is 11.3 Å². The maximum Gasteiger partial charge on any atom is 0.0701 e. The van der Waals surface area contributed by atoms with Gasteiger partial charge in [0.2, 0.25) is 0 Å². The molecule has 0 fully saturated rings.